The quantitative estimate of drug-likeness (QED) is 0.0992. The van der Waals surface area contributed by atoms with Crippen LogP contribution >= 0.6 is 0 Å². The summed E-state index contributed by atoms with van der Waals surface area (Å²) in [4.78, 5) is 23.3. The van der Waals surface area contributed by atoms with Crippen LogP contribution in [-0.2, 0) is 52.3 Å². The Bertz CT molecular complexity index is 1990. The van der Waals surface area contributed by atoms with Gasteiger partial charge >= 0.3 is 34.7 Å². The van der Waals surface area contributed by atoms with Gasteiger partial charge in [0.1, 0.15) is 6.61 Å². The van der Waals surface area contributed by atoms with Crippen molar-refractivity contribution in [1.29, 1.82) is 0 Å². The zero-order valence-corrected chi connectivity index (χ0v) is 34.5. The molecule has 334 valence electrons. The number of rotatable bonds is 11. The Kier molecular flexibility index (Phi) is 23.3. The lowest BCUT2D eigenvalue weighted by molar-refractivity contribution is -0.140. The van der Waals surface area contributed by atoms with Gasteiger partial charge < -0.3 is 42.7 Å². The minimum absolute atomic E-state index is 0. The number of alkyl halides is 3. The van der Waals surface area contributed by atoms with Crippen molar-refractivity contribution in [3.63, 3.8) is 0 Å². The first kappa shape index (κ1) is 52.3. The summed E-state index contributed by atoms with van der Waals surface area (Å²) < 4.78 is 92.8. The summed E-state index contributed by atoms with van der Waals surface area (Å²) in [5.74, 6) is -1.82. The minimum atomic E-state index is -5.82. The van der Waals surface area contributed by atoms with E-state index >= 15 is 0 Å². The van der Waals surface area contributed by atoms with Gasteiger partial charge in [-0.05, 0) is 53.6 Å². The van der Waals surface area contributed by atoms with Gasteiger partial charge in [-0.15, -0.1) is 0 Å². The van der Waals surface area contributed by atoms with E-state index in [0.29, 0.717) is 44.9 Å². The summed E-state index contributed by atoms with van der Waals surface area (Å²) in [6.45, 7) is 6.57. The Balaban J connectivity index is 0.000000286. The van der Waals surface area contributed by atoms with E-state index in [0.717, 1.165) is 29.7 Å². The van der Waals surface area contributed by atoms with Crippen LogP contribution in [0.4, 0.5) is 13.2 Å². The standard InChI is InChI=1S/C14H16O3.C13H16O2.C9H11F3O6S.C6H7BO2.CH4/c1-2-17-14(15)12-8-9-16-10-13(12)11-6-4-3-5-7-11;1-14-9-12-7-8-15-10-13(12)11-5-3-2-4-6-11;1-2-17-8(13)6-3-4-16-5-7(6)18-19(14,15)9(10,11)12;8-7(9)6-4-2-1-3-5-6;/h3-7H,2,8-10H2,1H3;2-6H,7-10H2,1H3;2-5H2,1H3;1-5,8-9H;1H4. The zero-order chi connectivity index (χ0) is 44.0. The molecule has 3 aromatic rings. The van der Waals surface area contributed by atoms with Crippen LogP contribution in [0.5, 0.6) is 0 Å². The Morgan fingerprint density at radius 2 is 1.13 bits per heavy atom. The molecule has 3 aromatic carbocycles. The van der Waals surface area contributed by atoms with Crippen LogP contribution in [-0.4, -0.2) is 110 Å². The second kappa shape index (κ2) is 27.2. The van der Waals surface area contributed by atoms with Crippen molar-refractivity contribution in [3.8, 4) is 0 Å². The number of esters is 2. The molecule has 18 heteroatoms. The number of halogens is 3. The van der Waals surface area contributed by atoms with Crippen molar-refractivity contribution in [2.75, 3.05) is 66.6 Å². The van der Waals surface area contributed by atoms with Crippen molar-refractivity contribution in [2.24, 2.45) is 0 Å². The van der Waals surface area contributed by atoms with Gasteiger partial charge in [-0.3, -0.25) is 0 Å². The van der Waals surface area contributed by atoms with Crippen LogP contribution in [0.25, 0.3) is 11.1 Å². The van der Waals surface area contributed by atoms with Gasteiger partial charge in [-0.1, -0.05) is 98.4 Å². The molecule has 0 atom stereocenters. The van der Waals surface area contributed by atoms with Crippen LogP contribution in [0.2, 0.25) is 0 Å². The van der Waals surface area contributed by atoms with E-state index in [2.05, 4.69) is 33.2 Å². The van der Waals surface area contributed by atoms with Gasteiger partial charge in [0.25, 0.3) is 0 Å². The molecule has 0 bridgehead atoms. The molecule has 0 aromatic heterocycles. The highest BCUT2D eigenvalue weighted by Gasteiger charge is 2.49. The average molecular weight is 879 g/mol. The number of benzene rings is 3. The third-order valence-corrected chi connectivity index (χ3v) is 9.58. The third kappa shape index (κ3) is 17.2. The van der Waals surface area contributed by atoms with Crippen molar-refractivity contribution < 1.29 is 73.8 Å². The molecule has 2 N–H and O–H groups in total. The Labute approximate surface area is 356 Å². The lowest BCUT2D eigenvalue weighted by Gasteiger charge is -2.20. The van der Waals surface area contributed by atoms with Crippen LogP contribution in [0.3, 0.4) is 0 Å². The topological polar surface area (TPSA) is 173 Å². The maximum Gasteiger partial charge on any atom is 0.534 e. The summed E-state index contributed by atoms with van der Waals surface area (Å²) in [5, 5.41) is 17.2. The molecule has 0 spiro atoms. The van der Waals surface area contributed by atoms with Gasteiger partial charge in [0.2, 0.25) is 0 Å². The zero-order valence-electron chi connectivity index (χ0n) is 33.7. The molecule has 3 aliphatic heterocycles. The number of carbonyl (C=O) groups is 2. The molecule has 3 heterocycles. The van der Waals surface area contributed by atoms with Gasteiger partial charge in [0, 0.05) is 25.5 Å². The summed E-state index contributed by atoms with van der Waals surface area (Å²) in [7, 11) is -5.42. The highest BCUT2D eigenvalue weighted by atomic mass is 32.2. The summed E-state index contributed by atoms with van der Waals surface area (Å²) >= 11 is 0. The van der Waals surface area contributed by atoms with Gasteiger partial charge in [0.15, 0.2) is 5.76 Å². The fourth-order valence-corrected chi connectivity index (χ4v) is 6.20. The van der Waals surface area contributed by atoms with Crippen molar-refractivity contribution in [1.82, 2.24) is 0 Å². The fraction of sp³-hybridized carbons (Fsp3) is 0.395. The van der Waals surface area contributed by atoms with Crippen molar-refractivity contribution in [3.05, 3.63) is 125 Å². The SMILES string of the molecule is C.CCOC(=O)C1=C(OS(=O)(=O)C(F)(F)F)COCC1.CCOC(=O)C1=C(c2ccccc2)COCC1.COCC1=C(c2ccccc2)COCC1.OB(O)c1ccccc1. The van der Waals surface area contributed by atoms with Crippen molar-refractivity contribution in [2.45, 2.75) is 46.0 Å². The summed E-state index contributed by atoms with van der Waals surface area (Å²) in [6.07, 6.45) is 1.53. The molecular formula is C43H54BF3O13S. The van der Waals surface area contributed by atoms with Crippen LogP contribution in [0.1, 0.15) is 51.7 Å². The molecule has 0 amide bonds. The summed E-state index contributed by atoms with van der Waals surface area (Å²) in [6, 6.07) is 28.9. The molecule has 0 saturated heterocycles. The van der Waals surface area contributed by atoms with E-state index in [1.807, 2.05) is 49.4 Å². The van der Waals surface area contributed by atoms with Crippen LogP contribution in [0.15, 0.2) is 113 Å². The predicted molar refractivity (Wildman–Crippen MR) is 224 cm³/mol. The van der Waals surface area contributed by atoms with Crippen LogP contribution in [0, 0.1) is 0 Å². The maximum atomic E-state index is 12.2. The van der Waals surface area contributed by atoms with E-state index in [1.165, 1.54) is 23.6 Å². The van der Waals surface area contributed by atoms with E-state index < -0.39 is 41.1 Å². The molecule has 13 nitrogen and oxygen atoms in total. The molecule has 3 aliphatic rings. The number of methoxy groups -OCH3 is 1. The first-order valence-electron chi connectivity index (χ1n) is 19.0. The fourth-order valence-electron chi connectivity index (χ4n) is 5.69. The summed E-state index contributed by atoms with van der Waals surface area (Å²) in [5.41, 5.74) is 1.35. The first-order valence-corrected chi connectivity index (χ1v) is 20.4. The number of hydrogen-bond donors (Lipinski definition) is 2. The van der Waals surface area contributed by atoms with E-state index in [-0.39, 0.29) is 38.6 Å². The second-order valence-electron chi connectivity index (χ2n) is 12.7. The third-order valence-electron chi connectivity index (χ3n) is 8.59. The Morgan fingerprint density at radius 3 is 1.61 bits per heavy atom. The van der Waals surface area contributed by atoms with E-state index in [1.54, 1.807) is 31.4 Å². The highest BCUT2D eigenvalue weighted by Crippen LogP contribution is 2.30. The molecule has 0 fully saturated rings. The smallest absolute Gasteiger partial charge is 0.463 e. The number of ether oxygens (including phenoxy) is 6. The molecular weight excluding hydrogens is 824 g/mol. The predicted octanol–water partition coefficient (Wildman–Crippen LogP) is 6.02. The normalized spacial score (nSPS) is 15.3. The Morgan fingerprint density at radius 1 is 0.689 bits per heavy atom. The average Bonchev–Trinajstić information content (AvgIpc) is 3.25. The van der Waals surface area contributed by atoms with Crippen LogP contribution < -0.4 is 5.46 Å². The molecule has 0 saturated carbocycles. The van der Waals surface area contributed by atoms with Gasteiger partial charge in [-0.25, -0.2) is 9.59 Å². The molecule has 61 heavy (non-hydrogen) atoms. The monoisotopic (exact) mass is 878 g/mol. The minimum Gasteiger partial charge on any atom is -0.463 e. The van der Waals surface area contributed by atoms with Gasteiger partial charge in [-0.2, -0.15) is 21.6 Å². The van der Waals surface area contributed by atoms with Gasteiger partial charge in [0.05, 0.1) is 58.4 Å². The number of hydrogen-bond acceptors (Lipinski definition) is 13. The maximum absolute atomic E-state index is 12.2. The highest BCUT2D eigenvalue weighted by molar-refractivity contribution is 7.87. The van der Waals surface area contributed by atoms with Crippen molar-refractivity contribution >= 4 is 45.8 Å². The molecule has 0 aliphatic carbocycles. The molecule has 0 unspecified atom stereocenters. The molecule has 6 rings (SSSR count). The second-order valence-corrected chi connectivity index (χ2v) is 14.3. The first-order chi connectivity index (χ1) is 28.7. The lowest BCUT2D eigenvalue weighted by atomic mass is 9.81. The number of carbonyl (C=O) groups excluding carboxylic acids is 2. The van der Waals surface area contributed by atoms with E-state index in [9.17, 15) is 31.2 Å². The van der Waals surface area contributed by atoms with E-state index in [4.69, 9.17) is 33.7 Å². The molecule has 0 radical (unpaired) electrons. The lowest BCUT2D eigenvalue weighted by Crippen LogP contribution is -2.29. The Hall–Kier alpha value is -4.82. The largest absolute Gasteiger partial charge is 0.534 e.